The molecule has 2 amide bonds. The van der Waals surface area contributed by atoms with Crippen molar-refractivity contribution in [3.63, 3.8) is 0 Å². The number of nitrogens with one attached hydrogen (secondary N) is 2. The molecule has 1 aromatic carbocycles. The maximum atomic E-state index is 12.9. The minimum Gasteiger partial charge on any atom is -0.389 e. The van der Waals surface area contributed by atoms with Crippen LogP contribution in [0.2, 0.25) is 0 Å². The molecule has 0 aromatic heterocycles. The van der Waals surface area contributed by atoms with E-state index in [1.54, 1.807) is 6.92 Å². The predicted molar refractivity (Wildman–Crippen MR) is 96.7 cm³/mol. The lowest BCUT2D eigenvalue weighted by atomic mass is 10.0. The number of aliphatic hydroxyl groups excluding tert-OH is 1. The first kappa shape index (κ1) is 19.7. The summed E-state index contributed by atoms with van der Waals surface area (Å²) in [5.41, 5.74) is 0.357. The Morgan fingerprint density at radius 1 is 1.26 bits per heavy atom. The van der Waals surface area contributed by atoms with E-state index < -0.39 is 18.0 Å². The Kier molecular flexibility index (Phi) is 6.41. The average Bonchev–Trinajstić information content (AvgIpc) is 3.00. The van der Waals surface area contributed by atoms with Gasteiger partial charge in [-0.15, -0.1) is 0 Å². The van der Waals surface area contributed by atoms with Gasteiger partial charge in [0.25, 0.3) is 5.91 Å². The van der Waals surface area contributed by atoms with Crippen LogP contribution in [-0.4, -0.2) is 72.4 Å². The van der Waals surface area contributed by atoms with Crippen molar-refractivity contribution in [2.75, 3.05) is 26.2 Å². The largest absolute Gasteiger partial charge is 0.389 e. The van der Waals surface area contributed by atoms with Crippen LogP contribution in [-0.2, 0) is 9.53 Å². The summed E-state index contributed by atoms with van der Waals surface area (Å²) in [5, 5.41) is 16.6. The zero-order chi connectivity index (χ0) is 19.4. The fraction of sp³-hybridized carbons (Fsp3) is 0.579. The number of carbonyl (C=O) groups excluding carboxylic acids is 2. The summed E-state index contributed by atoms with van der Waals surface area (Å²) < 4.78 is 18.6. The lowest BCUT2D eigenvalue weighted by Crippen LogP contribution is -2.51. The standard InChI is InChI=1S/C19H26FN3O4/c1-12(24)23-8-6-15(7-9-23)22-16-11-27-17(18(16)25)10-21-19(26)13-2-4-14(20)5-3-13/h2-5,15-18,22,25H,6-11H2,1H3,(H,21,26)/t16-,17-,18+/m1/s1. The van der Waals surface area contributed by atoms with Gasteiger partial charge in [0.15, 0.2) is 0 Å². The summed E-state index contributed by atoms with van der Waals surface area (Å²) in [6, 6.07) is 5.31. The molecule has 0 radical (unpaired) electrons. The third-order valence-corrected chi connectivity index (χ3v) is 5.24. The second-order valence-electron chi connectivity index (χ2n) is 7.13. The highest BCUT2D eigenvalue weighted by atomic mass is 19.1. The van der Waals surface area contributed by atoms with Gasteiger partial charge >= 0.3 is 0 Å². The molecular formula is C19H26FN3O4. The minimum absolute atomic E-state index is 0.0923. The number of rotatable bonds is 5. The number of ether oxygens (including phenoxy) is 1. The molecule has 3 atom stereocenters. The molecular weight excluding hydrogens is 353 g/mol. The van der Waals surface area contributed by atoms with E-state index >= 15 is 0 Å². The number of hydrogen-bond acceptors (Lipinski definition) is 5. The van der Waals surface area contributed by atoms with Crippen molar-refractivity contribution in [3.05, 3.63) is 35.6 Å². The minimum atomic E-state index is -0.732. The zero-order valence-electron chi connectivity index (χ0n) is 15.4. The van der Waals surface area contributed by atoms with Gasteiger partial charge in [-0.25, -0.2) is 4.39 Å². The number of carbonyl (C=O) groups is 2. The fourth-order valence-electron chi connectivity index (χ4n) is 3.57. The molecule has 2 aliphatic heterocycles. The van der Waals surface area contributed by atoms with Crippen LogP contribution in [0.3, 0.4) is 0 Å². The number of piperidine rings is 1. The number of hydrogen-bond donors (Lipinski definition) is 3. The molecule has 0 aliphatic carbocycles. The van der Waals surface area contributed by atoms with E-state index in [0.29, 0.717) is 25.3 Å². The van der Waals surface area contributed by atoms with Crippen molar-refractivity contribution in [1.82, 2.24) is 15.5 Å². The Balaban J connectivity index is 1.43. The molecule has 2 fully saturated rings. The van der Waals surface area contributed by atoms with Crippen LogP contribution >= 0.6 is 0 Å². The van der Waals surface area contributed by atoms with Crippen LogP contribution in [0.5, 0.6) is 0 Å². The van der Waals surface area contributed by atoms with E-state index in [0.717, 1.165) is 12.8 Å². The second kappa shape index (κ2) is 8.77. The third-order valence-electron chi connectivity index (χ3n) is 5.24. The number of benzene rings is 1. The first-order valence-electron chi connectivity index (χ1n) is 9.29. The number of likely N-dealkylation sites (tertiary alicyclic amines) is 1. The van der Waals surface area contributed by atoms with E-state index in [1.807, 2.05) is 4.90 Å². The number of nitrogens with zero attached hydrogens (tertiary/aromatic N) is 1. The fourth-order valence-corrected chi connectivity index (χ4v) is 3.57. The summed E-state index contributed by atoms with van der Waals surface area (Å²) in [7, 11) is 0. The van der Waals surface area contributed by atoms with Crippen molar-refractivity contribution >= 4 is 11.8 Å². The Labute approximate surface area is 157 Å². The van der Waals surface area contributed by atoms with Gasteiger partial charge in [0.2, 0.25) is 5.91 Å². The molecule has 2 aliphatic rings. The molecule has 2 heterocycles. The highest BCUT2D eigenvalue weighted by molar-refractivity contribution is 5.94. The topological polar surface area (TPSA) is 90.9 Å². The van der Waals surface area contributed by atoms with Crippen molar-refractivity contribution < 1.29 is 23.8 Å². The van der Waals surface area contributed by atoms with Crippen molar-refractivity contribution in [3.8, 4) is 0 Å². The summed E-state index contributed by atoms with van der Waals surface area (Å²) >= 11 is 0. The van der Waals surface area contributed by atoms with E-state index in [1.165, 1.54) is 24.3 Å². The maximum Gasteiger partial charge on any atom is 0.251 e. The summed E-state index contributed by atoms with van der Waals surface area (Å²) in [6.45, 7) is 3.55. The highest BCUT2D eigenvalue weighted by Gasteiger charge is 2.37. The smallest absolute Gasteiger partial charge is 0.251 e. The van der Waals surface area contributed by atoms with Crippen molar-refractivity contribution in [2.45, 2.75) is 44.1 Å². The molecule has 7 nitrogen and oxygen atoms in total. The quantitative estimate of drug-likeness (QED) is 0.684. The number of aliphatic hydroxyl groups is 1. The van der Waals surface area contributed by atoms with Gasteiger partial charge in [0, 0.05) is 38.2 Å². The van der Waals surface area contributed by atoms with E-state index in [4.69, 9.17) is 4.74 Å². The SMILES string of the molecule is CC(=O)N1CCC(N[C@@H]2CO[C@H](CNC(=O)c3ccc(F)cc3)[C@H]2O)CC1. The summed E-state index contributed by atoms with van der Waals surface area (Å²) in [5.74, 6) is -0.641. The lowest BCUT2D eigenvalue weighted by molar-refractivity contribution is -0.129. The lowest BCUT2D eigenvalue weighted by Gasteiger charge is -2.33. The third kappa shape index (κ3) is 5.03. The molecule has 2 saturated heterocycles. The monoisotopic (exact) mass is 379 g/mol. The zero-order valence-corrected chi connectivity index (χ0v) is 15.4. The predicted octanol–water partition coefficient (Wildman–Crippen LogP) is 0.284. The van der Waals surface area contributed by atoms with Crippen LogP contribution in [0.15, 0.2) is 24.3 Å². The molecule has 1 aromatic rings. The number of halogens is 1. The van der Waals surface area contributed by atoms with E-state index in [-0.39, 0.29) is 30.4 Å². The van der Waals surface area contributed by atoms with Gasteiger partial charge < -0.3 is 25.4 Å². The van der Waals surface area contributed by atoms with Crippen molar-refractivity contribution in [2.24, 2.45) is 0 Å². The molecule has 148 valence electrons. The van der Waals surface area contributed by atoms with Gasteiger partial charge in [-0.2, -0.15) is 0 Å². The molecule has 3 rings (SSSR count). The molecule has 0 saturated carbocycles. The van der Waals surface area contributed by atoms with Crippen LogP contribution in [0, 0.1) is 5.82 Å². The van der Waals surface area contributed by atoms with Crippen LogP contribution in [0.1, 0.15) is 30.1 Å². The molecule has 27 heavy (non-hydrogen) atoms. The molecule has 3 N–H and O–H groups in total. The van der Waals surface area contributed by atoms with Gasteiger partial charge in [-0.1, -0.05) is 0 Å². The molecule has 0 bridgehead atoms. The second-order valence-corrected chi connectivity index (χ2v) is 7.13. The average molecular weight is 379 g/mol. The van der Waals surface area contributed by atoms with Gasteiger partial charge in [0.05, 0.1) is 18.8 Å². The van der Waals surface area contributed by atoms with Crippen LogP contribution in [0.25, 0.3) is 0 Å². The molecule has 8 heteroatoms. The first-order valence-corrected chi connectivity index (χ1v) is 9.29. The normalized spacial score (nSPS) is 26.2. The highest BCUT2D eigenvalue weighted by Crippen LogP contribution is 2.18. The van der Waals surface area contributed by atoms with E-state index in [9.17, 15) is 19.1 Å². The van der Waals surface area contributed by atoms with Crippen LogP contribution in [0.4, 0.5) is 4.39 Å². The van der Waals surface area contributed by atoms with Crippen molar-refractivity contribution in [1.29, 1.82) is 0 Å². The van der Waals surface area contributed by atoms with E-state index in [2.05, 4.69) is 10.6 Å². The maximum absolute atomic E-state index is 12.9. The Hall–Kier alpha value is -2.03. The summed E-state index contributed by atoms with van der Waals surface area (Å²) in [4.78, 5) is 25.3. The van der Waals surface area contributed by atoms with Gasteiger partial charge in [-0.3, -0.25) is 9.59 Å². The Morgan fingerprint density at radius 3 is 2.56 bits per heavy atom. The first-order chi connectivity index (χ1) is 12.9. The number of amides is 2. The van der Waals surface area contributed by atoms with Gasteiger partial charge in [0.1, 0.15) is 11.9 Å². The van der Waals surface area contributed by atoms with Crippen LogP contribution < -0.4 is 10.6 Å². The Morgan fingerprint density at radius 2 is 1.93 bits per heavy atom. The summed E-state index contributed by atoms with van der Waals surface area (Å²) in [6.07, 6.45) is 0.456. The Bertz CT molecular complexity index is 661. The van der Waals surface area contributed by atoms with Gasteiger partial charge in [-0.05, 0) is 37.1 Å². The molecule has 0 unspecified atom stereocenters. The molecule has 0 spiro atoms.